The first-order chi connectivity index (χ1) is 14.4. The molecule has 2 aromatic carbocycles. The molecule has 0 spiro atoms. The number of aryl methyl sites for hydroxylation is 1. The second-order valence-corrected chi connectivity index (χ2v) is 8.18. The summed E-state index contributed by atoms with van der Waals surface area (Å²) < 4.78 is 11.4. The third-order valence-corrected chi connectivity index (χ3v) is 5.33. The van der Waals surface area contributed by atoms with Crippen LogP contribution < -0.4 is 14.8 Å². The monoisotopic (exact) mass is 432 g/mol. The summed E-state index contributed by atoms with van der Waals surface area (Å²) in [5, 5.41) is 14.3. The Morgan fingerprint density at radius 2 is 2.03 bits per heavy atom. The largest absolute Gasteiger partial charge is 0.492 e. The molecular formula is C23H29ClN2O4. The van der Waals surface area contributed by atoms with Crippen molar-refractivity contribution in [2.45, 2.75) is 25.4 Å². The highest BCUT2D eigenvalue weighted by atomic mass is 35.5. The average molecular weight is 433 g/mol. The molecule has 0 bridgehead atoms. The van der Waals surface area contributed by atoms with Crippen molar-refractivity contribution in [3.8, 4) is 11.5 Å². The predicted molar refractivity (Wildman–Crippen MR) is 117 cm³/mol. The number of para-hydroxylation sites is 1. The molecule has 30 heavy (non-hydrogen) atoms. The number of hydrogen-bond donors (Lipinski definition) is 2. The van der Waals surface area contributed by atoms with Gasteiger partial charge in [0, 0.05) is 6.54 Å². The standard InChI is InChI=1S/C23H29ClN2O4/c1-18-8-9-20(24)21(14-18)30-17-23(28)10-5-12-26(16-23)15-22(27)25-11-13-29-19-6-3-2-4-7-19/h2-4,6-9,14,28H,5,10-13,15-17H2,1H3,(H,25,27)/t23-/m0/s1. The maximum absolute atomic E-state index is 12.3. The fourth-order valence-corrected chi connectivity index (χ4v) is 3.70. The highest BCUT2D eigenvalue weighted by Crippen LogP contribution is 2.28. The summed E-state index contributed by atoms with van der Waals surface area (Å²) in [7, 11) is 0. The molecule has 0 aliphatic carbocycles. The third-order valence-electron chi connectivity index (χ3n) is 5.02. The van der Waals surface area contributed by atoms with Crippen molar-refractivity contribution in [1.29, 1.82) is 0 Å². The van der Waals surface area contributed by atoms with E-state index in [1.807, 2.05) is 54.3 Å². The molecule has 1 atom stereocenters. The zero-order valence-corrected chi connectivity index (χ0v) is 18.0. The van der Waals surface area contributed by atoms with Crippen molar-refractivity contribution in [3.05, 3.63) is 59.1 Å². The lowest BCUT2D eigenvalue weighted by Gasteiger charge is -2.38. The van der Waals surface area contributed by atoms with Gasteiger partial charge in [-0.25, -0.2) is 0 Å². The molecule has 2 N–H and O–H groups in total. The summed E-state index contributed by atoms with van der Waals surface area (Å²) >= 11 is 6.18. The number of ether oxygens (including phenoxy) is 2. The third kappa shape index (κ3) is 6.90. The zero-order chi connectivity index (χ0) is 21.4. The molecule has 1 aliphatic heterocycles. The number of hydrogen-bond acceptors (Lipinski definition) is 5. The Hall–Kier alpha value is -2.28. The molecule has 1 heterocycles. The van der Waals surface area contributed by atoms with Crippen LogP contribution in [0.2, 0.25) is 5.02 Å². The first kappa shape index (κ1) is 22.4. The van der Waals surface area contributed by atoms with Gasteiger partial charge < -0.3 is 19.9 Å². The molecule has 7 heteroatoms. The maximum Gasteiger partial charge on any atom is 0.234 e. The Morgan fingerprint density at radius 3 is 2.83 bits per heavy atom. The van der Waals surface area contributed by atoms with Crippen molar-refractivity contribution < 1.29 is 19.4 Å². The number of β-amino-alcohol motifs (C(OH)–C–C–N with tert-alkyl or cyclic N) is 1. The molecule has 0 saturated carbocycles. The van der Waals surface area contributed by atoms with E-state index in [2.05, 4.69) is 5.32 Å². The number of nitrogens with zero attached hydrogens (tertiary/aromatic N) is 1. The quantitative estimate of drug-likeness (QED) is 0.596. The molecule has 0 aromatic heterocycles. The van der Waals surface area contributed by atoms with Gasteiger partial charge in [0.05, 0.1) is 18.1 Å². The number of carbonyl (C=O) groups excluding carboxylic acids is 1. The lowest BCUT2D eigenvalue weighted by molar-refractivity contribution is -0.124. The fraction of sp³-hybridized carbons (Fsp3) is 0.435. The van der Waals surface area contributed by atoms with Gasteiger partial charge in [-0.1, -0.05) is 35.9 Å². The number of likely N-dealkylation sites (tertiary alicyclic amines) is 1. The molecule has 6 nitrogen and oxygen atoms in total. The molecule has 3 rings (SSSR count). The van der Waals surface area contributed by atoms with Gasteiger partial charge in [-0.15, -0.1) is 0 Å². The van der Waals surface area contributed by atoms with Gasteiger partial charge >= 0.3 is 0 Å². The number of nitrogens with one attached hydrogen (secondary N) is 1. The van der Waals surface area contributed by atoms with Gasteiger partial charge in [-0.2, -0.15) is 0 Å². The summed E-state index contributed by atoms with van der Waals surface area (Å²) in [6, 6.07) is 15.0. The number of benzene rings is 2. The molecule has 1 saturated heterocycles. The lowest BCUT2D eigenvalue weighted by Crippen LogP contribution is -2.53. The van der Waals surface area contributed by atoms with Gasteiger partial charge in [-0.05, 0) is 56.1 Å². The van der Waals surface area contributed by atoms with Crippen molar-refractivity contribution in [2.24, 2.45) is 0 Å². The molecule has 0 unspecified atom stereocenters. The summed E-state index contributed by atoms with van der Waals surface area (Å²) in [5.41, 5.74) is 0.0294. The Morgan fingerprint density at radius 1 is 1.23 bits per heavy atom. The van der Waals surface area contributed by atoms with Crippen LogP contribution in [0.5, 0.6) is 11.5 Å². The van der Waals surface area contributed by atoms with Crippen LogP contribution in [-0.2, 0) is 4.79 Å². The second kappa shape index (κ2) is 10.7. The topological polar surface area (TPSA) is 71.0 Å². The minimum atomic E-state index is -1.01. The molecule has 1 fully saturated rings. The first-order valence-electron chi connectivity index (χ1n) is 10.2. The number of amides is 1. The van der Waals surface area contributed by atoms with Crippen molar-refractivity contribution in [1.82, 2.24) is 10.2 Å². The average Bonchev–Trinajstić information content (AvgIpc) is 2.73. The van der Waals surface area contributed by atoms with E-state index in [0.29, 0.717) is 36.9 Å². The van der Waals surface area contributed by atoms with Gasteiger partial charge in [0.25, 0.3) is 0 Å². The van der Waals surface area contributed by atoms with Crippen LogP contribution in [0, 0.1) is 6.92 Å². The molecule has 162 valence electrons. The van der Waals surface area contributed by atoms with E-state index in [0.717, 1.165) is 24.3 Å². The van der Waals surface area contributed by atoms with Gasteiger partial charge in [0.2, 0.25) is 5.91 Å². The van der Waals surface area contributed by atoms with Gasteiger partial charge in [0.15, 0.2) is 0 Å². The molecule has 0 radical (unpaired) electrons. The number of halogens is 1. The van der Waals surface area contributed by atoms with E-state index in [9.17, 15) is 9.90 Å². The predicted octanol–water partition coefficient (Wildman–Crippen LogP) is 3.05. The van der Waals surface area contributed by atoms with Crippen LogP contribution in [-0.4, -0.2) is 60.9 Å². The Labute approximate surface area is 182 Å². The van der Waals surface area contributed by atoms with Crippen LogP contribution in [0.3, 0.4) is 0 Å². The van der Waals surface area contributed by atoms with Crippen molar-refractivity contribution in [2.75, 3.05) is 39.4 Å². The smallest absolute Gasteiger partial charge is 0.234 e. The maximum atomic E-state index is 12.3. The number of piperidine rings is 1. The van der Waals surface area contributed by atoms with Crippen molar-refractivity contribution in [3.63, 3.8) is 0 Å². The number of carbonyl (C=O) groups is 1. The highest BCUT2D eigenvalue weighted by molar-refractivity contribution is 6.32. The normalized spacial score (nSPS) is 19.3. The van der Waals surface area contributed by atoms with E-state index in [1.54, 1.807) is 6.07 Å². The van der Waals surface area contributed by atoms with E-state index in [4.69, 9.17) is 21.1 Å². The van der Waals surface area contributed by atoms with Crippen LogP contribution in [0.25, 0.3) is 0 Å². The van der Waals surface area contributed by atoms with Gasteiger partial charge in [-0.3, -0.25) is 9.69 Å². The van der Waals surface area contributed by atoms with E-state index in [-0.39, 0.29) is 19.1 Å². The van der Waals surface area contributed by atoms with Gasteiger partial charge in [0.1, 0.15) is 30.3 Å². The summed E-state index contributed by atoms with van der Waals surface area (Å²) in [4.78, 5) is 14.2. The Balaban J connectivity index is 1.41. The Bertz CT molecular complexity index is 833. The lowest BCUT2D eigenvalue weighted by atomic mass is 9.93. The molecular weight excluding hydrogens is 404 g/mol. The zero-order valence-electron chi connectivity index (χ0n) is 17.3. The minimum absolute atomic E-state index is 0.0847. The van der Waals surface area contributed by atoms with Crippen molar-refractivity contribution >= 4 is 17.5 Å². The fourth-order valence-electron chi connectivity index (χ4n) is 3.53. The van der Waals surface area contributed by atoms with Crippen LogP contribution >= 0.6 is 11.6 Å². The van der Waals surface area contributed by atoms with Crippen LogP contribution in [0.4, 0.5) is 0 Å². The molecule has 1 amide bonds. The van der Waals surface area contributed by atoms with Crippen LogP contribution in [0.15, 0.2) is 48.5 Å². The van der Waals surface area contributed by atoms with Crippen LogP contribution in [0.1, 0.15) is 18.4 Å². The second-order valence-electron chi connectivity index (χ2n) is 7.77. The minimum Gasteiger partial charge on any atom is -0.492 e. The van der Waals surface area contributed by atoms with E-state index >= 15 is 0 Å². The summed E-state index contributed by atoms with van der Waals surface area (Å²) in [6.07, 6.45) is 1.42. The SMILES string of the molecule is Cc1ccc(Cl)c(OC[C@]2(O)CCCN(CC(=O)NCCOc3ccccc3)C2)c1. The molecule has 1 aliphatic rings. The first-order valence-corrected chi connectivity index (χ1v) is 10.6. The van der Waals surface area contributed by atoms with E-state index < -0.39 is 5.60 Å². The summed E-state index contributed by atoms with van der Waals surface area (Å²) in [5.74, 6) is 1.26. The number of aliphatic hydroxyl groups is 1. The molecule has 2 aromatic rings. The number of rotatable bonds is 9. The Kier molecular flexibility index (Phi) is 7.96. The highest BCUT2D eigenvalue weighted by Gasteiger charge is 2.35. The van der Waals surface area contributed by atoms with E-state index in [1.165, 1.54) is 0 Å². The summed E-state index contributed by atoms with van der Waals surface area (Å²) in [6.45, 7) is 4.32.